The normalized spacial score (nSPS) is 13.0. The molecule has 0 atom stereocenters. The lowest BCUT2D eigenvalue weighted by atomic mass is 9.70. The van der Waals surface area contributed by atoms with Crippen LogP contribution in [-0.2, 0) is 5.41 Å². The molecule has 0 amide bonds. The molecule has 0 aromatic heterocycles. The Balaban J connectivity index is 1.18. The molecule has 0 N–H and O–H groups in total. The monoisotopic (exact) mass is 635 g/mol. The van der Waals surface area contributed by atoms with Gasteiger partial charge in [-0.1, -0.05) is 164 Å². The Bertz CT molecular complexity index is 2370. The summed E-state index contributed by atoms with van der Waals surface area (Å²) in [6.45, 7) is 0. The van der Waals surface area contributed by atoms with Crippen LogP contribution in [0.15, 0.2) is 200 Å². The van der Waals surface area contributed by atoms with Gasteiger partial charge in [0.25, 0.3) is 0 Å². The van der Waals surface area contributed by atoms with Crippen LogP contribution in [0.4, 0.5) is 17.1 Å². The Morgan fingerprint density at radius 1 is 0.260 bits per heavy atom. The Labute approximate surface area is 293 Å². The van der Waals surface area contributed by atoms with E-state index in [2.05, 4.69) is 205 Å². The fraction of sp³-hybridized carbons (Fsp3) is 0.0204. The largest absolute Gasteiger partial charge is 0.310 e. The van der Waals surface area contributed by atoms with E-state index in [-0.39, 0.29) is 0 Å². The molecule has 8 aromatic rings. The SMILES string of the molecule is c1ccc(-c2ccc(N(c3ccc(-c4ccccc4)cc3)c3ccc4c(c3)C3(c5ccccc5-c5ccccc53)c3ccccc3-4)cc2)cc1. The van der Waals surface area contributed by atoms with E-state index >= 15 is 0 Å². The van der Waals surface area contributed by atoms with Gasteiger partial charge in [0, 0.05) is 17.1 Å². The van der Waals surface area contributed by atoms with Crippen molar-refractivity contribution in [1.82, 2.24) is 0 Å². The van der Waals surface area contributed by atoms with Gasteiger partial charge in [-0.05, 0) is 103 Å². The first kappa shape index (κ1) is 28.6. The molecule has 10 rings (SSSR count). The molecule has 0 heterocycles. The van der Waals surface area contributed by atoms with Crippen LogP contribution in [0.25, 0.3) is 44.5 Å². The molecule has 8 aromatic carbocycles. The van der Waals surface area contributed by atoms with Crippen LogP contribution in [0.2, 0.25) is 0 Å². The molecule has 1 spiro atoms. The van der Waals surface area contributed by atoms with Gasteiger partial charge in [0.2, 0.25) is 0 Å². The summed E-state index contributed by atoms with van der Waals surface area (Å²) >= 11 is 0. The number of benzene rings is 8. The van der Waals surface area contributed by atoms with E-state index in [9.17, 15) is 0 Å². The van der Waals surface area contributed by atoms with E-state index in [0.29, 0.717) is 0 Å². The van der Waals surface area contributed by atoms with Gasteiger partial charge in [-0.15, -0.1) is 0 Å². The Morgan fingerprint density at radius 3 is 1.04 bits per heavy atom. The molecule has 0 saturated carbocycles. The van der Waals surface area contributed by atoms with Gasteiger partial charge < -0.3 is 4.90 Å². The standard InChI is InChI=1S/C49H33N/c1-3-13-34(14-4-1)36-23-27-38(28-24-36)50(39-29-25-37(26-30-39)35-15-5-2-6-16-35)40-31-32-44-43-19-9-12-22-47(43)49(48(44)33-40)45-20-10-7-17-41(45)42-18-8-11-21-46(42)49/h1-33H. The van der Waals surface area contributed by atoms with Crippen molar-refractivity contribution in [3.8, 4) is 44.5 Å². The van der Waals surface area contributed by atoms with E-state index in [1.165, 1.54) is 66.8 Å². The van der Waals surface area contributed by atoms with Gasteiger partial charge in [-0.3, -0.25) is 0 Å². The number of fused-ring (bicyclic) bond motifs is 10. The maximum absolute atomic E-state index is 2.46. The summed E-state index contributed by atoms with van der Waals surface area (Å²) in [6, 6.07) is 73.4. The minimum atomic E-state index is -0.394. The molecular formula is C49H33N. The molecule has 2 aliphatic carbocycles. The summed E-state index contributed by atoms with van der Waals surface area (Å²) in [4.78, 5) is 2.41. The van der Waals surface area contributed by atoms with Crippen molar-refractivity contribution >= 4 is 17.1 Å². The molecule has 0 fully saturated rings. The predicted octanol–water partition coefficient (Wildman–Crippen LogP) is 12.8. The highest BCUT2D eigenvalue weighted by Crippen LogP contribution is 2.63. The van der Waals surface area contributed by atoms with E-state index in [4.69, 9.17) is 0 Å². The van der Waals surface area contributed by atoms with E-state index in [1.807, 2.05) is 0 Å². The molecule has 1 nitrogen and oxygen atoms in total. The van der Waals surface area contributed by atoms with Crippen LogP contribution in [0.5, 0.6) is 0 Å². The van der Waals surface area contributed by atoms with Gasteiger partial charge in [0.05, 0.1) is 5.41 Å². The van der Waals surface area contributed by atoms with Gasteiger partial charge in [0.15, 0.2) is 0 Å². The van der Waals surface area contributed by atoms with E-state index in [1.54, 1.807) is 0 Å². The second kappa shape index (κ2) is 11.3. The predicted molar refractivity (Wildman–Crippen MR) is 208 cm³/mol. The summed E-state index contributed by atoms with van der Waals surface area (Å²) in [7, 11) is 0. The van der Waals surface area contributed by atoms with Crippen LogP contribution < -0.4 is 4.90 Å². The number of anilines is 3. The lowest BCUT2D eigenvalue weighted by Crippen LogP contribution is -2.26. The van der Waals surface area contributed by atoms with Crippen molar-refractivity contribution in [2.75, 3.05) is 4.90 Å². The molecule has 0 radical (unpaired) electrons. The number of hydrogen-bond acceptors (Lipinski definition) is 1. The second-order valence-corrected chi connectivity index (χ2v) is 13.3. The fourth-order valence-electron chi connectivity index (χ4n) is 8.54. The average Bonchev–Trinajstić information content (AvgIpc) is 3.66. The zero-order chi connectivity index (χ0) is 33.1. The first-order valence-electron chi connectivity index (χ1n) is 17.4. The van der Waals surface area contributed by atoms with E-state index in [0.717, 1.165) is 17.1 Å². The van der Waals surface area contributed by atoms with Crippen molar-refractivity contribution in [3.63, 3.8) is 0 Å². The Hall–Kier alpha value is -6.44. The summed E-state index contributed by atoms with van der Waals surface area (Å²) in [5.41, 5.74) is 18.5. The zero-order valence-corrected chi connectivity index (χ0v) is 27.5. The number of nitrogens with zero attached hydrogens (tertiary/aromatic N) is 1. The van der Waals surface area contributed by atoms with Crippen LogP contribution >= 0.6 is 0 Å². The van der Waals surface area contributed by atoms with Crippen LogP contribution in [0, 0.1) is 0 Å². The lowest BCUT2D eigenvalue weighted by Gasteiger charge is -2.32. The third-order valence-corrected chi connectivity index (χ3v) is 10.7. The Kier molecular flexibility index (Phi) is 6.47. The van der Waals surface area contributed by atoms with Crippen LogP contribution in [-0.4, -0.2) is 0 Å². The zero-order valence-electron chi connectivity index (χ0n) is 27.5. The topological polar surface area (TPSA) is 3.24 Å². The van der Waals surface area contributed by atoms with Crippen molar-refractivity contribution in [1.29, 1.82) is 0 Å². The highest BCUT2D eigenvalue weighted by atomic mass is 15.1. The molecule has 50 heavy (non-hydrogen) atoms. The number of hydrogen-bond donors (Lipinski definition) is 0. The van der Waals surface area contributed by atoms with Crippen molar-refractivity contribution < 1.29 is 0 Å². The summed E-state index contributed by atoms with van der Waals surface area (Å²) in [5.74, 6) is 0. The molecule has 0 bridgehead atoms. The van der Waals surface area contributed by atoms with Crippen molar-refractivity contribution in [3.05, 3.63) is 222 Å². The molecule has 0 aliphatic heterocycles. The van der Waals surface area contributed by atoms with Gasteiger partial charge in [-0.25, -0.2) is 0 Å². The molecular weight excluding hydrogens is 603 g/mol. The van der Waals surface area contributed by atoms with Crippen LogP contribution in [0.3, 0.4) is 0 Å². The third-order valence-electron chi connectivity index (χ3n) is 10.7. The van der Waals surface area contributed by atoms with E-state index < -0.39 is 5.41 Å². The summed E-state index contributed by atoms with van der Waals surface area (Å²) in [5, 5.41) is 0. The fourth-order valence-corrected chi connectivity index (χ4v) is 8.54. The highest BCUT2D eigenvalue weighted by Gasteiger charge is 2.51. The number of rotatable bonds is 5. The lowest BCUT2D eigenvalue weighted by molar-refractivity contribution is 0.793. The minimum Gasteiger partial charge on any atom is -0.310 e. The highest BCUT2D eigenvalue weighted by molar-refractivity contribution is 5.96. The average molecular weight is 636 g/mol. The molecule has 0 unspecified atom stereocenters. The molecule has 234 valence electrons. The van der Waals surface area contributed by atoms with Crippen molar-refractivity contribution in [2.45, 2.75) is 5.41 Å². The quantitative estimate of drug-likeness (QED) is 0.182. The maximum atomic E-state index is 2.46. The molecule has 0 saturated heterocycles. The summed E-state index contributed by atoms with van der Waals surface area (Å²) < 4.78 is 0. The van der Waals surface area contributed by atoms with Gasteiger partial charge in [0.1, 0.15) is 0 Å². The van der Waals surface area contributed by atoms with Crippen molar-refractivity contribution in [2.24, 2.45) is 0 Å². The van der Waals surface area contributed by atoms with Gasteiger partial charge in [-0.2, -0.15) is 0 Å². The first-order valence-corrected chi connectivity index (χ1v) is 17.4. The minimum absolute atomic E-state index is 0.394. The Morgan fingerprint density at radius 2 is 0.600 bits per heavy atom. The summed E-state index contributed by atoms with van der Waals surface area (Å²) in [6.07, 6.45) is 0. The first-order chi connectivity index (χ1) is 24.8. The molecule has 2 aliphatic rings. The van der Waals surface area contributed by atoms with Crippen LogP contribution in [0.1, 0.15) is 22.3 Å². The van der Waals surface area contributed by atoms with Gasteiger partial charge >= 0.3 is 0 Å². The second-order valence-electron chi connectivity index (χ2n) is 13.3. The maximum Gasteiger partial charge on any atom is 0.0726 e. The third kappa shape index (κ3) is 4.20. The smallest absolute Gasteiger partial charge is 0.0726 e. The molecule has 1 heteroatoms.